The zero-order valence-electron chi connectivity index (χ0n) is 10.3. The summed E-state index contributed by atoms with van der Waals surface area (Å²) in [6.45, 7) is 3.16. The zero-order chi connectivity index (χ0) is 14.3. The van der Waals surface area contributed by atoms with Crippen molar-refractivity contribution in [2.75, 3.05) is 12.0 Å². The molecular weight excluding hydrogens is 271 g/mol. The molecule has 1 N–H and O–H groups in total. The third-order valence-corrected chi connectivity index (χ3v) is 2.45. The molecule has 0 aliphatic carbocycles. The van der Waals surface area contributed by atoms with Gasteiger partial charge in [-0.05, 0) is 32.3 Å². The van der Waals surface area contributed by atoms with Crippen LogP contribution in [0.15, 0.2) is 0 Å². The molecule has 18 heavy (non-hydrogen) atoms. The zero-order valence-corrected chi connectivity index (χ0v) is 11.2. The highest BCUT2D eigenvalue weighted by Gasteiger charge is 2.41. The van der Waals surface area contributed by atoms with Crippen LogP contribution < -0.4 is 5.32 Å². The molecular formula is C10H16F3NO3S. The number of halogens is 3. The van der Waals surface area contributed by atoms with Gasteiger partial charge in [0, 0.05) is 0 Å². The molecule has 0 radical (unpaired) electrons. The molecule has 106 valence electrons. The number of ether oxygens (including phenoxy) is 1. The maximum absolute atomic E-state index is 12.1. The number of hydrogen-bond donors (Lipinski definition) is 1. The Balaban J connectivity index is 4.58. The quantitative estimate of drug-likeness (QED) is 0.756. The molecule has 8 heteroatoms. The van der Waals surface area contributed by atoms with E-state index in [0.29, 0.717) is 5.75 Å². The van der Waals surface area contributed by atoms with Gasteiger partial charge in [-0.15, -0.1) is 0 Å². The number of hydrogen-bond acceptors (Lipinski definition) is 4. The summed E-state index contributed by atoms with van der Waals surface area (Å²) in [5.74, 6) is -2.54. The molecule has 0 saturated heterocycles. The van der Waals surface area contributed by atoms with Crippen molar-refractivity contribution in [1.29, 1.82) is 0 Å². The predicted molar refractivity (Wildman–Crippen MR) is 62.2 cm³/mol. The summed E-state index contributed by atoms with van der Waals surface area (Å²) in [5, 5.41) is 1.65. The van der Waals surface area contributed by atoms with Gasteiger partial charge in [0.15, 0.2) is 0 Å². The van der Waals surface area contributed by atoms with Crippen LogP contribution in [0.2, 0.25) is 0 Å². The Morgan fingerprint density at radius 2 is 1.89 bits per heavy atom. The van der Waals surface area contributed by atoms with E-state index >= 15 is 0 Å². The fourth-order valence-electron chi connectivity index (χ4n) is 1.04. The van der Waals surface area contributed by atoms with Crippen LogP contribution in [0.1, 0.15) is 20.3 Å². The first-order valence-corrected chi connectivity index (χ1v) is 6.65. The van der Waals surface area contributed by atoms with Gasteiger partial charge in [-0.25, -0.2) is 4.79 Å². The van der Waals surface area contributed by atoms with Crippen molar-refractivity contribution in [3.63, 3.8) is 0 Å². The summed E-state index contributed by atoms with van der Waals surface area (Å²) in [7, 11) is 0. The predicted octanol–water partition coefficient (Wildman–Crippen LogP) is 1.74. The lowest BCUT2D eigenvalue weighted by Crippen LogP contribution is -2.48. The first kappa shape index (κ1) is 17.1. The van der Waals surface area contributed by atoms with E-state index in [9.17, 15) is 22.8 Å². The van der Waals surface area contributed by atoms with E-state index in [-0.39, 0.29) is 6.42 Å². The van der Waals surface area contributed by atoms with Crippen LogP contribution in [-0.4, -0.2) is 42.2 Å². The van der Waals surface area contributed by atoms with Crippen LogP contribution in [0.5, 0.6) is 0 Å². The number of amides is 1. The number of thioether (sulfide) groups is 1. The number of nitrogens with one attached hydrogen (secondary N) is 1. The lowest BCUT2D eigenvalue weighted by atomic mass is 10.2. The maximum Gasteiger partial charge on any atom is 0.471 e. The largest absolute Gasteiger partial charge is 0.471 e. The molecule has 0 aromatic carbocycles. The van der Waals surface area contributed by atoms with Gasteiger partial charge in [-0.2, -0.15) is 24.9 Å². The van der Waals surface area contributed by atoms with Gasteiger partial charge < -0.3 is 10.1 Å². The second kappa shape index (κ2) is 7.50. The molecule has 0 rings (SSSR count). The SMILES string of the molecule is CSCCC(NC(=O)C(F)(F)F)C(=O)OC(C)C. The van der Waals surface area contributed by atoms with E-state index in [1.165, 1.54) is 11.8 Å². The number of carbonyl (C=O) groups excluding carboxylic acids is 2. The minimum Gasteiger partial charge on any atom is -0.461 e. The van der Waals surface area contributed by atoms with Gasteiger partial charge in [0.25, 0.3) is 0 Å². The average molecular weight is 287 g/mol. The molecule has 0 bridgehead atoms. The Labute approximate surface area is 108 Å². The molecule has 0 spiro atoms. The Hall–Kier alpha value is -0.920. The molecule has 0 aliphatic rings. The van der Waals surface area contributed by atoms with Crippen molar-refractivity contribution in [3.05, 3.63) is 0 Å². The smallest absolute Gasteiger partial charge is 0.461 e. The Bertz CT molecular complexity index is 295. The van der Waals surface area contributed by atoms with Crippen molar-refractivity contribution in [1.82, 2.24) is 5.32 Å². The van der Waals surface area contributed by atoms with E-state index in [1.54, 1.807) is 25.4 Å². The van der Waals surface area contributed by atoms with Crippen LogP contribution in [-0.2, 0) is 14.3 Å². The Morgan fingerprint density at radius 1 is 1.33 bits per heavy atom. The standard InChI is InChI=1S/C10H16F3NO3S/c1-6(2)17-8(15)7(4-5-18-3)14-9(16)10(11,12)13/h6-7H,4-5H2,1-3H3,(H,14,16). The van der Waals surface area contributed by atoms with Crippen LogP contribution in [0.4, 0.5) is 13.2 Å². The van der Waals surface area contributed by atoms with Crippen LogP contribution in [0.3, 0.4) is 0 Å². The molecule has 1 unspecified atom stereocenters. The topological polar surface area (TPSA) is 55.4 Å². The summed E-state index contributed by atoms with van der Waals surface area (Å²) in [6, 6.07) is -1.27. The van der Waals surface area contributed by atoms with Crippen LogP contribution >= 0.6 is 11.8 Å². The summed E-state index contributed by atoms with van der Waals surface area (Å²) in [4.78, 5) is 22.3. The molecule has 1 atom stereocenters. The second-order valence-electron chi connectivity index (χ2n) is 3.79. The molecule has 0 aromatic heterocycles. The van der Waals surface area contributed by atoms with Gasteiger partial charge in [-0.3, -0.25) is 4.79 Å². The van der Waals surface area contributed by atoms with Crippen molar-refractivity contribution in [2.45, 2.75) is 38.6 Å². The van der Waals surface area contributed by atoms with Gasteiger partial charge in [0.1, 0.15) is 6.04 Å². The molecule has 0 saturated carbocycles. The number of rotatable bonds is 6. The van der Waals surface area contributed by atoms with Crippen molar-refractivity contribution < 1.29 is 27.5 Å². The maximum atomic E-state index is 12.1. The highest BCUT2D eigenvalue weighted by atomic mass is 32.2. The summed E-state index contributed by atoms with van der Waals surface area (Å²) < 4.78 is 41.1. The van der Waals surface area contributed by atoms with E-state index in [1.807, 2.05) is 0 Å². The van der Waals surface area contributed by atoms with Gasteiger partial charge in [0.2, 0.25) is 0 Å². The third-order valence-electron chi connectivity index (χ3n) is 1.81. The highest BCUT2D eigenvalue weighted by Crippen LogP contribution is 2.15. The van der Waals surface area contributed by atoms with E-state index < -0.39 is 30.2 Å². The van der Waals surface area contributed by atoms with Gasteiger partial charge in [0.05, 0.1) is 6.10 Å². The van der Waals surface area contributed by atoms with E-state index in [0.717, 1.165) is 0 Å². The number of carbonyl (C=O) groups is 2. The fraction of sp³-hybridized carbons (Fsp3) is 0.800. The monoisotopic (exact) mass is 287 g/mol. The van der Waals surface area contributed by atoms with Crippen molar-refractivity contribution in [3.8, 4) is 0 Å². The first-order chi connectivity index (χ1) is 8.18. The van der Waals surface area contributed by atoms with Gasteiger partial charge >= 0.3 is 18.1 Å². The molecule has 4 nitrogen and oxygen atoms in total. The number of esters is 1. The summed E-state index contributed by atoms with van der Waals surface area (Å²) in [6.07, 6.45) is -3.61. The van der Waals surface area contributed by atoms with Gasteiger partial charge in [-0.1, -0.05) is 0 Å². The fourth-order valence-corrected chi connectivity index (χ4v) is 1.51. The van der Waals surface area contributed by atoms with E-state index in [4.69, 9.17) is 4.74 Å². The number of alkyl halides is 3. The minimum atomic E-state index is -5.00. The van der Waals surface area contributed by atoms with Crippen molar-refractivity contribution in [2.24, 2.45) is 0 Å². The first-order valence-electron chi connectivity index (χ1n) is 5.25. The summed E-state index contributed by atoms with van der Waals surface area (Å²) >= 11 is 1.36. The highest BCUT2D eigenvalue weighted by molar-refractivity contribution is 7.98. The lowest BCUT2D eigenvalue weighted by molar-refractivity contribution is -0.176. The third kappa shape index (κ3) is 6.73. The molecule has 0 heterocycles. The second-order valence-corrected chi connectivity index (χ2v) is 4.78. The minimum absolute atomic E-state index is 0.0918. The Kier molecular flexibility index (Phi) is 7.12. The molecule has 1 amide bonds. The van der Waals surface area contributed by atoms with E-state index in [2.05, 4.69) is 0 Å². The van der Waals surface area contributed by atoms with Crippen molar-refractivity contribution >= 4 is 23.6 Å². The normalized spacial score (nSPS) is 13.3. The molecule has 0 aliphatic heterocycles. The van der Waals surface area contributed by atoms with Crippen LogP contribution in [0, 0.1) is 0 Å². The average Bonchev–Trinajstić information content (AvgIpc) is 2.21. The molecule has 0 fully saturated rings. The van der Waals surface area contributed by atoms with Crippen LogP contribution in [0.25, 0.3) is 0 Å². The molecule has 0 aromatic rings. The lowest BCUT2D eigenvalue weighted by Gasteiger charge is -2.19. The summed E-state index contributed by atoms with van der Waals surface area (Å²) in [5.41, 5.74) is 0. The Morgan fingerprint density at radius 3 is 2.28 bits per heavy atom.